The molecule has 0 bridgehead atoms. The van der Waals surface area contributed by atoms with E-state index in [-0.39, 0.29) is 38.7 Å². The summed E-state index contributed by atoms with van der Waals surface area (Å²) in [5.41, 5.74) is 6.30. The minimum absolute atomic E-state index is 0.0544. The van der Waals surface area contributed by atoms with Gasteiger partial charge in [0.1, 0.15) is 11.9 Å². The van der Waals surface area contributed by atoms with Gasteiger partial charge in [0.15, 0.2) is 0 Å². The number of amides is 2. The molecule has 3 N–H and O–H groups in total. The second kappa shape index (κ2) is 10.5. The van der Waals surface area contributed by atoms with Crippen LogP contribution in [-0.4, -0.2) is 82.3 Å². The Labute approximate surface area is 173 Å². The molecule has 0 radical (unpaired) electrons. The fraction of sp³-hybridized carbons (Fsp3) is 0.579. The first kappa shape index (κ1) is 22.2. The van der Waals surface area contributed by atoms with Crippen LogP contribution in [0.4, 0.5) is 25.0 Å². The monoisotopic (exact) mass is 427 g/mol. The van der Waals surface area contributed by atoms with Gasteiger partial charge in [-0.25, -0.2) is 14.2 Å². The van der Waals surface area contributed by atoms with E-state index < -0.39 is 24.7 Å². The van der Waals surface area contributed by atoms with Crippen LogP contribution in [0.2, 0.25) is 0 Å². The van der Waals surface area contributed by atoms with E-state index in [1.165, 1.54) is 16.0 Å². The fourth-order valence-corrected chi connectivity index (χ4v) is 3.34. The molecule has 2 fully saturated rings. The lowest BCUT2D eigenvalue weighted by atomic mass is 10.2. The maximum absolute atomic E-state index is 14.8. The van der Waals surface area contributed by atoms with Crippen LogP contribution in [-0.2, 0) is 14.4 Å². The van der Waals surface area contributed by atoms with E-state index in [0.717, 1.165) is 0 Å². The van der Waals surface area contributed by atoms with Gasteiger partial charge in [0.2, 0.25) is 0 Å². The number of benzene rings is 1. The van der Waals surface area contributed by atoms with Gasteiger partial charge in [-0.05, 0) is 31.2 Å². The van der Waals surface area contributed by atoms with Gasteiger partial charge in [-0.2, -0.15) is 0 Å². The second-order valence-corrected chi connectivity index (χ2v) is 7.02. The first-order chi connectivity index (χ1) is 14.5. The first-order valence-electron chi connectivity index (χ1n) is 9.96. The lowest BCUT2D eigenvalue weighted by molar-refractivity contribution is -0.180. The number of nitrogens with zero attached hydrogens (tertiary/aromatic N) is 3. The summed E-state index contributed by atoms with van der Waals surface area (Å²) in [6.45, 7) is 1.78. The smallest absolute Gasteiger partial charge is 0.414 e. The van der Waals surface area contributed by atoms with E-state index in [0.29, 0.717) is 37.4 Å². The first-order valence-corrected chi connectivity index (χ1v) is 9.96. The molecule has 0 saturated carbocycles. The Bertz CT molecular complexity index is 754. The van der Waals surface area contributed by atoms with Crippen molar-refractivity contribution in [3.05, 3.63) is 24.0 Å². The maximum Gasteiger partial charge on any atom is 0.414 e. The number of halogens is 2. The average molecular weight is 427 g/mol. The van der Waals surface area contributed by atoms with Crippen LogP contribution >= 0.6 is 0 Å². The Kier molecular flexibility index (Phi) is 7.77. The zero-order valence-electron chi connectivity index (χ0n) is 16.7. The zero-order chi connectivity index (χ0) is 21.5. The Morgan fingerprint density at radius 3 is 2.83 bits per heavy atom. The number of carbonyl (C=O) groups is 2. The lowest BCUT2D eigenvalue weighted by Crippen LogP contribution is -2.40. The minimum atomic E-state index is -0.546. The molecule has 9 nitrogen and oxygen atoms in total. The molecule has 30 heavy (non-hydrogen) atoms. The van der Waals surface area contributed by atoms with Gasteiger partial charge in [-0.1, -0.05) is 0 Å². The number of hydroxylamine groups is 2. The summed E-state index contributed by atoms with van der Waals surface area (Å²) in [6, 6.07) is 4.55. The Morgan fingerprint density at radius 1 is 1.30 bits per heavy atom. The Balaban J connectivity index is 1.59. The molecule has 2 amide bonds. The topological polar surface area (TPSA) is 100 Å². The van der Waals surface area contributed by atoms with Crippen LogP contribution in [0.15, 0.2) is 18.2 Å². The number of anilines is 2. The summed E-state index contributed by atoms with van der Waals surface area (Å²) in [5, 5.41) is 4.12. The summed E-state index contributed by atoms with van der Waals surface area (Å²) < 4.78 is 32.0. The molecule has 166 valence electrons. The highest BCUT2D eigenvalue weighted by molar-refractivity contribution is 5.90. The van der Waals surface area contributed by atoms with E-state index in [1.807, 2.05) is 0 Å². The largest absolute Gasteiger partial charge is 0.443 e. The number of nitrogens with two attached hydrogens (primary N) is 1. The molecule has 11 heteroatoms. The normalized spacial score (nSPS) is 19.8. The molecule has 1 atom stereocenters. The molecule has 0 aromatic heterocycles. The van der Waals surface area contributed by atoms with Crippen LogP contribution in [0, 0.1) is 5.82 Å². The summed E-state index contributed by atoms with van der Waals surface area (Å²) in [6.07, 6.45) is -0.604. The van der Waals surface area contributed by atoms with E-state index in [9.17, 15) is 18.4 Å². The van der Waals surface area contributed by atoms with Crippen LogP contribution in [0.25, 0.3) is 0 Å². The number of alkyl halides is 1. The van der Waals surface area contributed by atoms with Gasteiger partial charge >= 0.3 is 6.09 Å². The van der Waals surface area contributed by atoms with E-state index in [2.05, 4.69) is 5.32 Å². The SMILES string of the molecule is NC[C@H]1CN(c2ccc(N3CCON(C(=O)CNCCCF)CC3)c(F)c2)C(=O)O1. The number of cyclic esters (lactones) is 1. The number of ether oxygens (including phenoxy) is 1. The molecule has 2 aliphatic rings. The van der Waals surface area contributed by atoms with Crippen molar-refractivity contribution < 1.29 is 27.9 Å². The summed E-state index contributed by atoms with van der Waals surface area (Å²) in [4.78, 5) is 32.7. The van der Waals surface area contributed by atoms with Crippen LogP contribution < -0.4 is 20.9 Å². The Hall–Kier alpha value is -2.50. The fourth-order valence-electron chi connectivity index (χ4n) is 3.34. The van der Waals surface area contributed by atoms with Gasteiger partial charge in [-0.3, -0.25) is 18.9 Å². The summed E-state index contributed by atoms with van der Waals surface area (Å²) in [7, 11) is 0. The molecule has 0 spiro atoms. The van der Waals surface area contributed by atoms with Gasteiger partial charge < -0.3 is 20.7 Å². The zero-order valence-corrected chi connectivity index (χ0v) is 16.7. The highest BCUT2D eigenvalue weighted by Crippen LogP contribution is 2.28. The highest BCUT2D eigenvalue weighted by Gasteiger charge is 2.32. The molecule has 0 aliphatic carbocycles. The molecule has 1 aromatic rings. The highest BCUT2D eigenvalue weighted by atomic mass is 19.1. The van der Waals surface area contributed by atoms with E-state index in [4.69, 9.17) is 15.3 Å². The van der Waals surface area contributed by atoms with Crippen molar-refractivity contribution in [3.63, 3.8) is 0 Å². The van der Waals surface area contributed by atoms with Crippen molar-refractivity contribution in [2.75, 3.05) is 68.9 Å². The van der Waals surface area contributed by atoms with Crippen molar-refractivity contribution in [2.24, 2.45) is 5.73 Å². The van der Waals surface area contributed by atoms with Crippen LogP contribution in [0.5, 0.6) is 0 Å². The van der Waals surface area contributed by atoms with Crippen molar-refractivity contribution in [1.82, 2.24) is 10.4 Å². The Morgan fingerprint density at radius 2 is 2.13 bits per heavy atom. The lowest BCUT2D eigenvalue weighted by Gasteiger charge is -2.24. The minimum Gasteiger partial charge on any atom is -0.443 e. The second-order valence-electron chi connectivity index (χ2n) is 7.02. The van der Waals surface area contributed by atoms with Gasteiger partial charge in [0.05, 0.1) is 44.3 Å². The van der Waals surface area contributed by atoms with E-state index >= 15 is 0 Å². The molecular weight excluding hydrogens is 400 g/mol. The number of hydrogen-bond acceptors (Lipinski definition) is 7. The third-order valence-corrected chi connectivity index (χ3v) is 4.94. The molecule has 1 aromatic carbocycles. The van der Waals surface area contributed by atoms with Crippen molar-refractivity contribution in [1.29, 1.82) is 0 Å². The van der Waals surface area contributed by atoms with Gasteiger partial charge in [-0.15, -0.1) is 0 Å². The average Bonchev–Trinajstić information content (AvgIpc) is 2.95. The molecule has 2 aliphatic heterocycles. The molecule has 2 heterocycles. The maximum atomic E-state index is 14.8. The number of nitrogens with one attached hydrogen (secondary N) is 1. The quantitative estimate of drug-likeness (QED) is 0.587. The predicted octanol–water partition coefficient (Wildman–Crippen LogP) is 0.639. The van der Waals surface area contributed by atoms with Crippen LogP contribution in [0.3, 0.4) is 0 Å². The molecule has 2 saturated heterocycles. The molecule has 0 unspecified atom stereocenters. The van der Waals surface area contributed by atoms with Gasteiger partial charge in [0, 0.05) is 19.6 Å². The van der Waals surface area contributed by atoms with Crippen molar-refractivity contribution >= 4 is 23.4 Å². The van der Waals surface area contributed by atoms with E-state index in [1.54, 1.807) is 17.0 Å². The summed E-state index contributed by atoms with van der Waals surface area (Å²) in [5.74, 6) is -0.738. The van der Waals surface area contributed by atoms with Gasteiger partial charge in [0.25, 0.3) is 5.91 Å². The molecule has 3 rings (SSSR count). The molecular formula is C19H27F2N5O4. The predicted molar refractivity (Wildman–Crippen MR) is 106 cm³/mol. The summed E-state index contributed by atoms with van der Waals surface area (Å²) >= 11 is 0. The number of hydrogen-bond donors (Lipinski definition) is 2. The standard InChI is InChI=1S/C19H27F2N5O4/c20-4-1-5-23-12-18(27)26-7-6-24(8-9-29-26)17-3-2-14(10-16(17)21)25-13-15(11-22)30-19(25)28/h2-3,10,15,23H,1,4-9,11-13,22H2/t15-/m0/s1. The van der Waals surface area contributed by atoms with Crippen molar-refractivity contribution in [2.45, 2.75) is 12.5 Å². The third kappa shape index (κ3) is 5.35. The number of rotatable bonds is 8. The van der Waals surface area contributed by atoms with Crippen molar-refractivity contribution in [3.8, 4) is 0 Å². The number of carbonyl (C=O) groups excluding carboxylic acids is 2. The van der Waals surface area contributed by atoms with Crippen LogP contribution in [0.1, 0.15) is 6.42 Å². The third-order valence-electron chi connectivity index (χ3n) is 4.94.